The van der Waals surface area contributed by atoms with Crippen LogP contribution >= 0.6 is 0 Å². The van der Waals surface area contributed by atoms with Gasteiger partial charge in [0.1, 0.15) is 18.1 Å². The van der Waals surface area contributed by atoms with Crippen LogP contribution in [0.1, 0.15) is 6.42 Å². The molecule has 2 rings (SSSR count). The van der Waals surface area contributed by atoms with Crippen molar-refractivity contribution in [1.82, 2.24) is 9.97 Å². The molecule has 1 aliphatic heterocycles. The number of piperidine rings is 1. The van der Waals surface area contributed by atoms with Gasteiger partial charge in [-0.05, 0) is 12.5 Å². The van der Waals surface area contributed by atoms with Crippen LogP contribution < -0.4 is 10.6 Å². The lowest BCUT2D eigenvalue weighted by atomic mass is 10.1. The minimum atomic E-state index is -1.15. The quantitative estimate of drug-likeness (QED) is 0.683. The van der Waals surface area contributed by atoms with Crippen LogP contribution in [0.25, 0.3) is 0 Å². The Kier molecular flexibility index (Phi) is 2.68. The van der Waals surface area contributed by atoms with Crippen molar-refractivity contribution < 1.29 is 9.50 Å². The topological polar surface area (TPSA) is 75.3 Å². The summed E-state index contributed by atoms with van der Waals surface area (Å²) in [6.45, 7) is 0.715. The molecule has 2 heterocycles. The second-order valence-electron chi connectivity index (χ2n) is 3.60. The third-order valence-corrected chi connectivity index (χ3v) is 2.45. The van der Waals surface area contributed by atoms with E-state index in [0.717, 1.165) is 0 Å². The standard InChI is InChI=1S/C9H13FN4O/c10-6-2-4-14(5-7(6)15)9-12-3-1-8(11)13-9/h1,3,6-7,15H,2,4-5H2,(H2,11,12,13). The first-order chi connectivity index (χ1) is 7.16. The molecule has 2 unspecified atom stereocenters. The van der Waals surface area contributed by atoms with Crippen LogP contribution in [0.2, 0.25) is 0 Å². The third kappa shape index (κ3) is 2.15. The molecule has 0 bridgehead atoms. The van der Waals surface area contributed by atoms with Crippen molar-refractivity contribution in [3.63, 3.8) is 0 Å². The first-order valence-corrected chi connectivity index (χ1v) is 4.82. The fourth-order valence-electron chi connectivity index (χ4n) is 1.60. The second-order valence-corrected chi connectivity index (χ2v) is 3.60. The molecule has 1 fully saturated rings. The number of hydrogen-bond donors (Lipinski definition) is 2. The number of anilines is 2. The van der Waals surface area contributed by atoms with Gasteiger partial charge in [-0.25, -0.2) is 9.37 Å². The third-order valence-electron chi connectivity index (χ3n) is 2.45. The monoisotopic (exact) mass is 212 g/mol. The van der Waals surface area contributed by atoms with Gasteiger partial charge in [0.15, 0.2) is 0 Å². The number of aliphatic hydroxyl groups excluding tert-OH is 1. The van der Waals surface area contributed by atoms with Crippen molar-refractivity contribution in [1.29, 1.82) is 0 Å². The van der Waals surface area contributed by atoms with Gasteiger partial charge < -0.3 is 15.7 Å². The predicted molar refractivity (Wildman–Crippen MR) is 54.2 cm³/mol. The Labute approximate surface area is 86.7 Å². The number of aromatic nitrogens is 2. The van der Waals surface area contributed by atoms with Crippen LogP contribution in [-0.4, -0.2) is 40.4 Å². The van der Waals surface area contributed by atoms with Crippen LogP contribution in [0.15, 0.2) is 12.3 Å². The molecule has 15 heavy (non-hydrogen) atoms. The molecule has 6 heteroatoms. The van der Waals surface area contributed by atoms with E-state index in [1.165, 1.54) is 0 Å². The molecule has 2 atom stereocenters. The maximum Gasteiger partial charge on any atom is 0.227 e. The molecule has 1 saturated heterocycles. The first-order valence-electron chi connectivity index (χ1n) is 4.82. The molecule has 0 aliphatic carbocycles. The Balaban J connectivity index is 2.12. The van der Waals surface area contributed by atoms with Gasteiger partial charge >= 0.3 is 0 Å². The van der Waals surface area contributed by atoms with Gasteiger partial charge in [0.25, 0.3) is 0 Å². The van der Waals surface area contributed by atoms with Crippen LogP contribution in [0, 0.1) is 0 Å². The average Bonchev–Trinajstić information content (AvgIpc) is 2.22. The van der Waals surface area contributed by atoms with Gasteiger partial charge in [-0.1, -0.05) is 0 Å². The molecular weight excluding hydrogens is 199 g/mol. The van der Waals surface area contributed by atoms with Gasteiger partial charge in [0.05, 0.1) is 0 Å². The van der Waals surface area contributed by atoms with Crippen LogP contribution in [0.4, 0.5) is 16.2 Å². The average molecular weight is 212 g/mol. The zero-order valence-electron chi connectivity index (χ0n) is 8.17. The van der Waals surface area contributed by atoms with E-state index in [-0.39, 0.29) is 6.54 Å². The van der Waals surface area contributed by atoms with E-state index in [0.29, 0.717) is 24.7 Å². The number of nitrogens with two attached hydrogens (primary N) is 1. The normalized spacial score (nSPS) is 26.7. The largest absolute Gasteiger partial charge is 0.388 e. The van der Waals surface area contributed by atoms with Crippen molar-refractivity contribution in [3.8, 4) is 0 Å². The van der Waals surface area contributed by atoms with E-state index in [1.54, 1.807) is 17.2 Å². The molecule has 1 aliphatic rings. The first kappa shape index (κ1) is 10.1. The summed E-state index contributed by atoms with van der Waals surface area (Å²) in [6, 6.07) is 1.59. The minimum absolute atomic E-state index is 0.213. The Morgan fingerprint density at radius 1 is 1.60 bits per heavy atom. The number of hydrogen-bond acceptors (Lipinski definition) is 5. The smallest absolute Gasteiger partial charge is 0.227 e. The number of nitrogen functional groups attached to an aromatic ring is 1. The van der Waals surface area contributed by atoms with Crippen molar-refractivity contribution in [2.75, 3.05) is 23.7 Å². The van der Waals surface area contributed by atoms with E-state index in [4.69, 9.17) is 5.73 Å². The summed E-state index contributed by atoms with van der Waals surface area (Å²) >= 11 is 0. The minimum Gasteiger partial charge on any atom is -0.388 e. The highest BCUT2D eigenvalue weighted by molar-refractivity contribution is 5.38. The van der Waals surface area contributed by atoms with E-state index < -0.39 is 12.3 Å². The van der Waals surface area contributed by atoms with Gasteiger partial charge in [-0.2, -0.15) is 4.98 Å². The van der Waals surface area contributed by atoms with Gasteiger partial charge in [-0.3, -0.25) is 0 Å². The lowest BCUT2D eigenvalue weighted by Gasteiger charge is -2.32. The van der Waals surface area contributed by atoms with Crippen molar-refractivity contribution in [3.05, 3.63) is 12.3 Å². The molecule has 82 valence electrons. The maximum atomic E-state index is 13.0. The summed E-state index contributed by atoms with van der Waals surface area (Å²) in [7, 11) is 0. The van der Waals surface area contributed by atoms with Crippen LogP contribution in [0.3, 0.4) is 0 Å². The van der Waals surface area contributed by atoms with Crippen molar-refractivity contribution in [2.24, 2.45) is 0 Å². The highest BCUT2D eigenvalue weighted by Crippen LogP contribution is 2.18. The van der Waals surface area contributed by atoms with Gasteiger partial charge in [0.2, 0.25) is 5.95 Å². The van der Waals surface area contributed by atoms with E-state index in [9.17, 15) is 9.50 Å². The zero-order valence-corrected chi connectivity index (χ0v) is 8.17. The summed E-state index contributed by atoms with van der Waals surface area (Å²) in [6.07, 6.45) is -0.281. The summed E-state index contributed by atoms with van der Waals surface area (Å²) < 4.78 is 13.0. The maximum absolute atomic E-state index is 13.0. The molecule has 3 N–H and O–H groups in total. The SMILES string of the molecule is Nc1ccnc(N2CCC(F)C(O)C2)n1. The molecule has 0 aromatic carbocycles. The summed E-state index contributed by atoms with van der Waals surface area (Å²) in [5, 5.41) is 9.38. The fourth-order valence-corrected chi connectivity index (χ4v) is 1.60. The molecule has 0 amide bonds. The second kappa shape index (κ2) is 3.98. The van der Waals surface area contributed by atoms with Crippen LogP contribution in [0.5, 0.6) is 0 Å². The Morgan fingerprint density at radius 3 is 3.07 bits per heavy atom. The Morgan fingerprint density at radius 2 is 2.40 bits per heavy atom. The number of nitrogens with zero attached hydrogens (tertiary/aromatic N) is 3. The van der Waals surface area contributed by atoms with Crippen LogP contribution in [-0.2, 0) is 0 Å². The number of alkyl halides is 1. The lowest BCUT2D eigenvalue weighted by molar-refractivity contribution is 0.0640. The van der Waals surface area contributed by atoms with E-state index in [1.807, 2.05) is 0 Å². The Bertz CT molecular complexity index is 349. The molecular formula is C9H13FN4O. The van der Waals surface area contributed by atoms with E-state index in [2.05, 4.69) is 9.97 Å². The number of rotatable bonds is 1. The zero-order chi connectivity index (χ0) is 10.8. The lowest BCUT2D eigenvalue weighted by Crippen LogP contribution is -2.45. The molecule has 1 aromatic heterocycles. The fraction of sp³-hybridized carbons (Fsp3) is 0.556. The highest BCUT2D eigenvalue weighted by atomic mass is 19.1. The highest BCUT2D eigenvalue weighted by Gasteiger charge is 2.28. The summed E-state index contributed by atoms with van der Waals surface area (Å²) in [5.74, 6) is 0.817. The van der Waals surface area contributed by atoms with Crippen molar-refractivity contribution >= 4 is 11.8 Å². The number of β-amino-alcohol motifs (C(OH)–C–C–N with tert-alkyl or cyclic N) is 1. The number of aliphatic hydroxyl groups is 1. The molecule has 5 nitrogen and oxygen atoms in total. The molecule has 1 aromatic rings. The molecule has 0 radical (unpaired) electrons. The summed E-state index contributed by atoms with van der Waals surface area (Å²) in [5.41, 5.74) is 5.51. The predicted octanol–water partition coefficient (Wildman–Crippen LogP) is -0.0321. The summed E-state index contributed by atoms with van der Waals surface area (Å²) in [4.78, 5) is 9.77. The number of halogens is 1. The van der Waals surface area contributed by atoms with Crippen molar-refractivity contribution in [2.45, 2.75) is 18.7 Å². The Hall–Kier alpha value is -1.43. The van der Waals surface area contributed by atoms with E-state index >= 15 is 0 Å². The molecule has 0 spiro atoms. The molecule has 0 saturated carbocycles. The van der Waals surface area contributed by atoms with Gasteiger partial charge in [0, 0.05) is 19.3 Å². The van der Waals surface area contributed by atoms with Gasteiger partial charge in [-0.15, -0.1) is 0 Å².